The molecule has 0 spiro atoms. The van der Waals surface area contributed by atoms with E-state index in [4.69, 9.17) is 4.55 Å². The zero-order valence-corrected chi connectivity index (χ0v) is 9.34. The summed E-state index contributed by atoms with van der Waals surface area (Å²) < 4.78 is 38.5. The second kappa shape index (κ2) is 3.89. The highest BCUT2D eigenvalue weighted by Gasteiger charge is 2.21. The van der Waals surface area contributed by atoms with Gasteiger partial charge >= 0.3 is 16.0 Å². The van der Waals surface area contributed by atoms with Crippen molar-refractivity contribution in [2.24, 2.45) is 0 Å². The van der Waals surface area contributed by atoms with Crippen LogP contribution in [-0.2, 0) is 10.4 Å². The van der Waals surface area contributed by atoms with Gasteiger partial charge in [-0.15, -0.1) is 0 Å². The molecule has 0 unspecified atom stereocenters. The highest BCUT2D eigenvalue weighted by molar-refractivity contribution is 7.81. The summed E-state index contributed by atoms with van der Waals surface area (Å²) in [6, 6.07) is 3.28. The molecule has 9 heteroatoms. The summed E-state index contributed by atoms with van der Waals surface area (Å²) in [5, 5.41) is 18.9. The van der Waals surface area contributed by atoms with E-state index in [-0.39, 0.29) is 5.39 Å². The van der Waals surface area contributed by atoms with E-state index in [1.54, 1.807) is 0 Å². The van der Waals surface area contributed by atoms with Crippen LogP contribution in [0.1, 0.15) is 0 Å². The van der Waals surface area contributed by atoms with Gasteiger partial charge in [-0.25, -0.2) is 4.79 Å². The Morgan fingerprint density at radius 2 is 1.89 bits per heavy atom. The van der Waals surface area contributed by atoms with E-state index in [2.05, 4.69) is 8.60 Å². The van der Waals surface area contributed by atoms with Crippen LogP contribution in [0.5, 0.6) is 17.2 Å². The lowest BCUT2D eigenvalue weighted by atomic mass is 10.2. The van der Waals surface area contributed by atoms with Crippen molar-refractivity contribution in [2.75, 3.05) is 0 Å². The Kier molecular flexibility index (Phi) is 2.64. The third-order valence-electron chi connectivity index (χ3n) is 2.01. The average Bonchev–Trinajstić information content (AvgIpc) is 2.24. The summed E-state index contributed by atoms with van der Waals surface area (Å²) in [5.41, 5.74) is -1.25. The fourth-order valence-electron chi connectivity index (χ4n) is 1.34. The first-order chi connectivity index (χ1) is 8.28. The molecule has 1 heterocycles. The predicted molar refractivity (Wildman–Crippen MR) is 58.0 cm³/mol. The Balaban J connectivity index is 2.86. The average molecular weight is 274 g/mol. The van der Waals surface area contributed by atoms with E-state index in [0.717, 1.165) is 12.1 Å². The molecule has 0 fully saturated rings. The monoisotopic (exact) mass is 274 g/mol. The van der Waals surface area contributed by atoms with Crippen molar-refractivity contribution in [3.8, 4) is 17.2 Å². The van der Waals surface area contributed by atoms with Crippen molar-refractivity contribution >= 4 is 21.4 Å². The zero-order chi connectivity index (χ0) is 13.5. The van der Waals surface area contributed by atoms with Gasteiger partial charge in [-0.2, -0.15) is 8.42 Å². The van der Waals surface area contributed by atoms with Gasteiger partial charge in [0.1, 0.15) is 0 Å². The van der Waals surface area contributed by atoms with Gasteiger partial charge in [-0.05, 0) is 12.1 Å². The van der Waals surface area contributed by atoms with Gasteiger partial charge in [0.2, 0.25) is 11.5 Å². The molecule has 0 bridgehead atoms. The third kappa shape index (κ3) is 2.21. The van der Waals surface area contributed by atoms with E-state index in [9.17, 15) is 23.4 Å². The van der Waals surface area contributed by atoms with Crippen LogP contribution in [0, 0.1) is 0 Å². The first-order valence-electron chi connectivity index (χ1n) is 4.43. The lowest BCUT2D eigenvalue weighted by Gasteiger charge is -2.07. The Morgan fingerprint density at radius 3 is 2.50 bits per heavy atom. The molecule has 3 N–H and O–H groups in total. The van der Waals surface area contributed by atoms with Crippen LogP contribution < -0.4 is 9.81 Å². The fourth-order valence-corrected chi connectivity index (χ4v) is 1.71. The molecule has 0 aliphatic heterocycles. The third-order valence-corrected chi connectivity index (χ3v) is 2.39. The van der Waals surface area contributed by atoms with Gasteiger partial charge in [-0.3, -0.25) is 4.55 Å². The Morgan fingerprint density at radius 1 is 1.22 bits per heavy atom. The van der Waals surface area contributed by atoms with Crippen molar-refractivity contribution in [1.29, 1.82) is 0 Å². The molecule has 8 nitrogen and oxygen atoms in total. The number of hydrogen-bond donors (Lipinski definition) is 3. The first kappa shape index (κ1) is 12.2. The minimum atomic E-state index is -4.95. The summed E-state index contributed by atoms with van der Waals surface area (Å²) in [6.45, 7) is 0. The topological polar surface area (TPSA) is 134 Å². The smallest absolute Gasteiger partial charge is 0.446 e. The van der Waals surface area contributed by atoms with E-state index in [0.29, 0.717) is 0 Å². The van der Waals surface area contributed by atoms with E-state index >= 15 is 0 Å². The minimum absolute atomic E-state index is 0.101. The lowest BCUT2D eigenvalue weighted by Crippen LogP contribution is -2.08. The molecule has 18 heavy (non-hydrogen) atoms. The molecule has 0 saturated heterocycles. The number of phenolic OH excluding ortho intramolecular Hbond substituents is 2. The van der Waals surface area contributed by atoms with Crippen molar-refractivity contribution in [3.63, 3.8) is 0 Å². The second-order valence-electron chi connectivity index (χ2n) is 3.26. The molecule has 2 rings (SSSR count). The Labute approximate surface area is 99.6 Å². The molecular weight excluding hydrogens is 268 g/mol. The van der Waals surface area contributed by atoms with Crippen LogP contribution in [0.4, 0.5) is 0 Å². The van der Waals surface area contributed by atoms with Crippen molar-refractivity contribution < 1.29 is 31.8 Å². The molecule has 0 amide bonds. The Bertz CT molecular complexity index is 773. The van der Waals surface area contributed by atoms with Crippen LogP contribution >= 0.6 is 0 Å². The van der Waals surface area contributed by atoms with E-state index < -0.39 is 38.9 Å². The number of phenols is 2. The molecular formula is C9H6O8S. The Hall–Kier alpha value is -2.26. The summed E-state index contributed by atoms with van der Waals surface area (Å²) in [7, 11) is -4.95. The van der Waals surface area contributed by atoms with Gasteiger partial charge in [0.05, 0.1) is 0 Å². The van der Waals surface area contributed by atoms with Gasteiger partial charge < -0.3 is 18.8 Å². The van der Waals surface area contributed by atoms with E-state index in [1.807, 2.05) is 0 Å². The molecule has 96 valence electrons. The van der Waals surface area contributed by atoms with Crippen LogP contribution in [0.25, 0.3) is 11.0 Å². The van der Waals surface area contributed by atoms with Crippen molar-refractivity contribution in [1.82, 2.24) is 0 Å². The quantitative estimate of drug-likeness (QED) is 0.406. The van der Waals surface area contributed by atoms with Crippen LogP contribution in [0.2, 0.25) is 0 Å². The SMILES string of the molecule is O=c1ccc2cc(O)c(O)c(OS(=O)(=O)O)c2o1. The molecule has 0 radical (unpaired) electrons. The number of rotatable bonds is 2. The predicted octanol–water partition coefficient (Wildman–Crippen LogP) is 0.386. The van der Waals surface area contributed by atoms with Crippen molar-refractivity contribution in [2.45, 2.75) is 0 Å². The van der Waals surface area contributed by atoms with Gasteiger partial charge in [0.25, 0.3) is 0 Å². The summed E-state index contributed by atoms with van der Waals surface area (Å²) in [5.74, 6) is -2.55. The number of hydrogen-bond acceptors (Lipinski definition) is 7. The van der Waals surface area contributed by atoms with Crippen molar-refractivity contribution in [3.05, 3.63) is 28.6 Å². The molecule has 0 aliphatic rings. The molecule has 0 saturated carbocycles. The highest BCUT2D eigenvalue weighted by atomic mass is 32.3. The standard InChI is InChI=1S/C9H6O8S/c10-5-3-4-1-2-6(11)16-8(4)9(7(5)12)17-18(13,14)15/h1-3,10,12H,(H,13,14,15). The zero-order valence-electron chi connectivity index (χ0n) is 8.52. The minimum Gasteiger partial charge on any atom is -0.504 e. The van der Waals surface area contributed by atoms with Gasteiger partial charge in [-0.1, -0.05) is 0 Å². The molecule has 0 atom stereocenters. The first-order valence-corrected chi connectivity index (χ1v) is 5.80. The van der Waals surface area contributed by atoms with Crippen LogP contribution in [0.15, 0.2) is 27.4 Å². The lowest BCUT2D eigenvalue weighted by molar-refractivity contribution is 0.355. The largest absolute Gasteiger partial charge is 0.504 e. The molecule has 1 aromatic carbocycles. The summed E-state index contributed by atoms with van der Waals surface area (Å²) in [4.78, 5) is 11.0. The second-order valence-corrected chi connectivity index (χ2v) is 4.28. The summed E-state index contributed by atoms with van der Waals surface area (Å²) >= 11 is 0. The number of benzene rings is 1. The molecule has 2 aromatic rings. The maximum Gasteiger partial charge on any atom is 0.446 e. The van der Waals surface area contributed by atoms with Crippen LogP contribution in [-0.4, -0.2) is 23.2 Å². The maximum atomic E-state index is 11.0. The molecule has 0 aliphatic carbocycles. The maximum absolute atomic E-state index is 11.0. The normalized spacial score (nSPS) is 11.6. The van der Waals surface area contributed by atoms with Crippen LogP contribution in [0.3, 0.4) is 0 Å². The highest BCUT2D eigenvalue weighted by Crippen LogP contribution is 2.41. The van der Waals surface area contributed by atoms with E-state index in [1.165, 1.54) is 6.07 Å². The van der Waals surface area contributed by atoms with Gasteiger partial charge in [0.15, 0.2) is 11.3 Å². The summed E-state index contributed by atoms with van der Waals surface area (Å²) in [6.07, 6.45) is 0. The molecule has 1 aromatic heterocycles. The van der Waals surface area contributed by atoms with Gasteiger partial charge in [0, 0.05) is 11.5 Å². The number of fused-ring (bicyclic) bond motifs is 1. The number of aromatic hydroxyl groups is 2. The fraction of sp³-hybridized carbons (Fsp3) is 0.